The van der Waals surface area contributed by atoms with Gasteiger partial charge in [-0.3, -0.25) is 19.1 Å². The Bertz CT molecular complexity index is 1450. The molecule has 8 nitrogen and oxygen atoms in total. The van der Waals surface area contributed by atoms with E-state index in [1.165, 1.54) is 11.8 Å². The summed E-state index contributed by atoms with van der Waals surface area (Å²) in [6.07, 6.45) is 3.54. The number of thiocarbonyl (C=S) groups is 1. The molecule has 2 saturated heterocycles. The zero-order valence-electron chi connectivity index (χ0n) is 23.9. The van der Waals surface area contributed by atoms with E-state index in [4.69, 9.17) is 21.7 Å². The van der Waals surface area contributed by atoms with Crippen molar-refractivity contribution in [2.24, 2.45) is 11.8 Å². The molecule has 0 spiro atoms. The van der Waals surface area contributed by atoms with Gasteiger partial charge in [-0.15, -0.1) is 0 Å². The molecule has 2 aromatic rings. The van der Waals surface area contributed by atoms with Crippen molar-refractivity contribution in [3.63, 3.8) is 0 Å². The lowest BCUT2D eigenvalue weighted by Crippen LogP contribution is -2.42. The van der Waals surface area contributed by atoms with Crippen molar-refractivity contribution in [3.8, 4) is 17.6 Å². The van der Waals surface area contributed by atoms with E-state index in [0.29, 0.717) is 57.6 Å². The molecule has 0 aliphatic carbocycles. The molecule has 4 rings (SSSR count). The monoisotopic (exact) mass is 580 g/mol. The van der Waals surface area contributed by atoms with Gasteiger partial charge in [0.05, 0.1) is 19.1 Å². The molecule has 3 heterocycles. The average Bonchev–Trinajstić information content (AvgIpc) is 3.19. The van der Waals surface area contributed by atoms with Crippen LogP contribution in [0.15, 0.2) is 27.9 Å². The summed E-state index contributed by atoms with van der Waals surface area (Å²) in [4.78, 5) is 31.3. The molecule has 2 atom stereocenters. The predicted molar refractivity (Wildman–Crippen MR) is 164 cm³/mol. The summed E-state index contributed by atoms with van der Waals surface area (Å²) in [5.41, 5.74) is 2.14. The van der Waals surface area contributed by atoms with Crippen LogP contribution in [0.2, 0.25) is 0 Å². The van der Waals surface area contributed by atoms with E-state index in [0.717, 1.165) is 36.5 Å². The Balaban J connectivity index is 1.70. The van der Waals surface area contributed by atoms with E-state index < -0.39 is 0 Å². The lowest BCUT2D eigenvalue weighted by Gasteiger charge is -2.38. The highest BCUT2D eigenvalue weighted by Crippen LogP contribution is 2.37. The van der Waals surface area contributed by atoms with Crippen LogP contribution in [0.1, 0.15) is 49.4 Å². The van der Waals surface area contributed by atoms with Gasteiger partial charge < -0.3 is 14.4 Å². The van der Waals surface area contributed by atoms with Crippen molar-refractivity contribution in [2.75, 3.05) is 38.8 Å². The average molecular weight is 581 g/mol. The van der Waals surface area contributed by atoms with E-state index in [1.54, 1.807) is 30.6 Å². The number of ether oxygens (including phenoxy) is 2. The summed E-state index contributed by atoms with van der Waals surface area (Å²) >= 11 is 6.88. The van der Waals surface area contributed by atoms with Gasteiger partial charge in [0.1, 0.15) is 21.8 Å². The first-order valence-corrected chi connectivity index (χ1v) is 14.7. The maximum atomic E-state index is 13.6. The Labute approximate surface area is 245 Å². The standard InChI is InChI=1S/C30H36N4O4S2/c1-7-33-27(32-16-18(2)12-19(3)17-32)22(20(4)23(15-31)28(33)35)14-26-29(36)34(30(39)40-26)11-10-21-8-9-24(37-5)25(13-21)38-6/h8-9,13-14,18-19H,7,10-12,16-17H2,1-6H3/b26-14+. The van der Waals surface area contributed by atoms with Crippen LogP contribution in [0.5, 0.6) is 11.5 Å². The Morgan fingerprint density at radius 1 is 1.15 bits per heavy atom. The quantitative estimate of drug-likeness (QED) is 0.319. The normalized spacial score (nSPS) is 20.3. The third kappa shape index (κ3) is 5.77. The van der Waals surface area contributed by atoms with Crippen molar-refractivity contribution in [3.05, 3.63) is 55.7 Å². The molecule has 1 amide bonds. The lowest BCUT2D eigenvalue weighted by atomic mass is 9.91. The van der Waals surface area contributed by atoms with Crippen LogP contribution >= 0.6 is 24.0 Å². The first kappa shape index (κ1) is 29.7. The van der Waals surface area contributed by atoms with Gasteiger partial charge in [0.25, 0.3) is 11.5 Å². The number of thioether (sulfide) groups is 1. The maximum absolute atomic E-state index is 13.6. The molecular formula is C30H36N4O4S2. The molecule has 2 fully saturated rings. The summed E-state index contributed by atoms with van der Waals surface area (Å²) < 4.78 is 12.9. The van der Waals surface area contributed by atoms with E-state index in [9.17, 15) is 14.9 Å². The van der Waals surface area contributed by atoms with Gasteiger partial charge in [-0.2, -0.15) is 5.26 Å². The van der Waals surface area contributed by atoms with Crippen LogP contribution < -0.4 is 19.9 Å². The van der Waals surface area contributed by atoms with Crippen LogP contribution in [0.25, 0.3) is 6.08 Å². The van der Waals surface area contributed by atoms with Gasteiger partial charge in [0.2, 0.25) is 0 Å². The molecule has 2 aliphatic heterocycles. The zero-order valence-corrected chi connectivity index (χ0v) is 25.6. The minimum absolute atomic E-state index is 0.110. The number of pyridine rings is 1. The number of nitriles is 1. The summed E-state index contributed by atoms with van der Waals surface area (Å²) in [5.74, 6) is 2.81. The minimum Gasteiger partial charge on any atom is -0.493 e. The number of hydrogen-bond donors (Lipinski definition) is 0. The molecular weight excluding hydrogens is 544 g/mol. The third-order valence-corrected chi connectivity index (χ3v) is 8.93. The van der Waals surface area contributed by atoms with Gasteiger partial charge >= 0.3 is 0 Å². The fourth-order valence-electron chi connectivity index (χ4n) is 5.72. The fourth-order valence-corrected chi connectivity index (χ4v) is 7.01. The molecule has 0 N–H and O–H groups in total. The number of methoxy groups -OCH3 is 2. The molecule has 40 heavy (non-hydrogen) atoms. The molecule has 2 aliphatic rings. The van der Waals surface area contributed by atoms with Crippen molar-refractivity contribution in [2.45, 2.75) is 47.1 Å². The van der Waals surface area contributed by atoms with Crippen molar-refractivity contribution in [1.29, 1.82) is 5.26 Å². The van der Waals surface area contributed by atoms with Gasteiger partial charge in [0.15, 0.2) is 11.5 Å². The van der Waals surface area contributed by atoms with Crippen LogP contribution in [0.4, 0.5) is 5.82 Å². The highest BCUT2D eigenvalue weighted by molar-refractivity contribution is 8.26. The molecule has 0 saturated carbocycles. The number of hydrogen-bond acceptors (Lipinski definition) is 8. The van der Waals surface area contributed by atoms with E-state index in [2.05, 4.69) is 24.8 Å². The number of carbonyl (C=O) groups excluding carboxylic acids is 1. The summed E-state index contributed by atoms with van der Waals surface area (Å²) in [5, 5.41) is 9.86. The number of rotatable bonds is 8. The first-order valence-electron chi connectivity index (χ1n) is 13.5. The number of nitrogens with zero attached hydrogens (tertiary/aromatic N) is 4. The van der Waals surface area contributed by atoms with E-state index >= 15 is 0 Å². The fraction of sp³-hybridized carbons (Fsp3) is 0.467. The Morgan fingerprint density at radius 3 is 2.42 bits per heavy atom. The second kappa shape index (κ2) is 12.5. The Morgan fingerprint density at radius 2 is 1.82 bits per heavy atom. The number of aromatic nitrogens is 1. The summed E-state index contributed by atoms with van der Waals surface area (Å²) in [6, 6.07) is 7.81. The smallest absolute Gasteiger partial charge is 0.270 e. The third-order valence-electron chi connectivity index (χ3n) is 7.55. The molecule has 0 radical (unpaired) electrons. The highest BCUT2D eigenvalue weighted by Gasteiger charge is 2.34. The van der Waals surface area contributed by atoms with Crippen LogP contribution in [0.3, 0.4) is 0 Å². The topological polar surface area (TPSA) is 87.8 Å². The summed E-state index contributed by atoms with van der Waals surface area (Å²) in [7, 11) is 3.19. The van der Waals surface area contributed by atoms with Gasteiger partial charge in [0, 0.05) is 31.7 Å². The van der Waals surface area contributed by atoms with Crippen LogP contribution in [0, 0.1) is 30.1 Å². The van der Waals surface area contributed by atoms with E-state index in [1.807, 2.05) is 31.2 Å². The largest absolute Gasteiger partial charge is 0.493 e. The van der Waals surface area contributed by atoms with Crippen molar-refractivity contribution < 1.29 is 14.3 Å². The molecule has 2 unspecified atom stereocenters. The molecule has 1 aromatic carbocycles. The van der Waals surface area contributed by atoms with Crippen LogP contribution in [-0.4, -0.2) is 53.5 Å². The van der Waals surface area contributed by atoms with Gasteiger partial charge in [-0.1, -0.05) is 43.9 Å². The number of anilines is 1. The number of benzene rings is 1. The molecule has 1 aromatic heterocycles. The van der Waals surface area contributed by atoms with Crippen molar-refractivity contribution >= 4 is 46.1 Å². The SMILES string of the molecule is CCn1c(N2CC(C)CC(C)C2)c(/C=C2/SC(=S)N(CCc3ccc(OC)c(OC)c3)C2=O)c(C)c(C#N)c1=O. The second-order valence-electron chi connectivity index (χ2n) is 10.5. The predicted octanol–water partition coefficient (Wildman–Crippen LogP) is 4.99. The highest BCUT2D eigenvalue weighted by atomic mass is 32.2. The number of carbonyl (C=O) groups is 1. The van der Waals surface area contributed by atoms with Gasteiger partial charge in [-0.25, -0.2) is 0 Å². The lowest BCUT2D eigenvalue weighted by molar-refractivity contribution is -0.122. The zero-order chi connectivity index (χ0) is 29.1. The van der Waals surface area contributed by atoms with Crippen molar-refractivity contribution in [1.82, 2.24) is 9.47 Å². The van der Waals surface area contributed by atoms with E-state index in [-0.39, 0.29) is 17.0 Å². The second-order valence-corrected chi connectivity index (χ2v) is 12.2. The molecule has 0 bridgehead atoms. The number of amides is 1. The van der Waals surface area contributed by atoms with Crippen LogP contribution in [-0.2, 0) is 17.8 Å². The Kier molecular flexibility index (Phi) is 9.26. The number of piperidine rings is 1. The van der Waals surface area contributed by atoms with Gasteiger partial charge in [-0.05, 0) is 67.9 Å². The minimum atomic E-state index is -0.289. The molecule has 212 valence electrons. The molecule has 10 heteroatoms. The maximum Gasteiger partial charge on any atom is 0.270 e. The Hall–Kier alpha value is -3.29. The first-order chi connectivity index (χ1) is 19.1. The summed E-state index contributed by atoms with van der Waals surface area (Å²) in [6.45, 7) is 10.6.